The van der Waals surface area contributed by atoms with E-state index in [0.717, 1.165) is 26.2 Å². The smallest absolute Gasteiger partial charge is 0.0683 e. The highest BCUT2D eigenvalue weighted by molar-refractivity contribution is 5.79. The first kappa shape index (κ1) is 13.1. The van der Waals surface area contributed by atoms with Crippen LogP contribution < -0.4 is 0 Å². The minimum atomic E-state index is 0.589. The van der Waals surface area contributed by atoms with Gasteiger partial charge < -0.3 is 4.74 Å². The Bertz CT molecular complexity index is 502. The van der Waals surface area contributed by atoms with Gasteiger partial charge in [-0.2, -0.15) is 5.10 Å². The van der Waals surface area contributed by atoms with Gasteiger partial charge in [-0.05, 0) is 30.0 Å². The van der Waals surface area contributed by atoms with Gasteiger partial charge in [0.1, 0.15) is 0 Å². The van der Waals surface area contributed by atoms with Crippen LogP contribution in [-0.4, -0.2) is 23.0 Å². The van der Waals surface area contributed by atoms with Crippen LogP contribution in [0.1, 0.15) is 26.3 Å². The predicted molar refractivity (Wildman–Crippen MR) is 74.8 cm³/mol. The summed E-state index contributed by atoms with van der Waals surface area (Å²) in [6.45, 7) is 8.86. The van der Waals surface area contributed by atoms with Gasteiger partial charge in [-0.15, -0.1) is 0 Å². The highest BCUT2D eigenvalue weighted by Gasteiger charge is 2.03. The summed E-state index contributed by atoms with van der Waals surface area (Å²) >= 11 is 0. The van der Waals surface area contributed by atoms with Gasteiger partial charge in [0.15, 0.2) is 0 Å². The molecule has 1 aromatic carbocycles. The zero-order valence-electron chi connectivity index (χ0n) is 11.5. The van der Waals surface area contributed by atoms with Gasteiger partial charge >= 0.3 is 0 Å². The SMILES string of the molecule is CCc1ccc2c(cnn2CCOCC(C)C)c1. The fraction of sp³-hybridized carbons (Fsp3) is 0.533. The fourth-order valence-corrected chi connectivity index (χ4v) is 2.00. The Balaban J connectivity index is 2.01. The van der Waals surface area contributed by atoms with Crippen LogP contribution >= 0.6 is 0 Å². The van der Waals surface area contributed by atoms with Gasteiger partial charge in [0, 0.05) is 12.0 Å². The van der Waals surface area contributed by atoms with Crippen molar-refractivity contribution in [3.8, 4) is 0 Å². The van der Waals surface area contributed by atoms with Crippen molar-refractivity contribution in [3.05, 3.63) is 30.0 Å². The number of aryl methyl sites for hydroxylation is 1. The highest BCUT2D eigenvalue weighted by atomic mass is 16.5. The first-order valence-electron chi connectivity index (χ1n) is 6.73. The number of rotatable bonds is 6. The lowest BCUT2D eigenvalue weighted by atomic mass is 10.1. The van der Waals surface area contributed by atoms with Crippen LogP contribution in [0.2, 0.25) is 0 Å². The van der Waals surface area contributed by atoms with Crippen LogP contribution in [0.3, 0.4) is 0 Å². The molecule has 1 heterocycles. The maximum absolute atomic E-state index is 5.60. The fourth-order valence-electron chi connectivity index (χ4n) is 2.00. The number of fused-ring (bicyclic) bond motifs is 1. The molecule has 0 unspecified atom stereocenters. The van der Waals surface area contributed by atoms with Gasteiger partial charge in [0.2, 0.25) is 0 Å². The van der Waals surface area contributed by atoms with E-state index >= 15 is 0 Å². The molecule has 1 aromatic heterocycles. The number of nitrogens with zero attached hydrogens (tertiary/aromatic N) is 2. The number of aromatic nitrogens is 2. The molecule has 2 rings (SSSR count). The molecule has 0 atom stereocenters. The third-order valence-electron chi connectivity index (χ3n) is 3.01. The summed E-state index contributed by atoms with van der Waals surface area (Å²) in [4.78, 5) is 0. The second-order valence-corrected chi connectivity index (χ2v) is 5.08. The predicted octanol–water partition coefficient (Wildman–Crippen LogP) is 3.27. The molecule has 98 valence electrons. The minimum Gasteiger partial charge on any atom is -0.379 e. The van der Waals surface area contributed by atoms with E-state index < -0.39 is 0 Å². The Morgan fingerprint density at radius 1 is 1.33 bits per heavy atom. The second kappa shape index (κ2) is 6.01. The molecule has 0 amide bonds. The third-order valence-corrected chi connectivity index (χ3v) is 3.01. The Morgan fingerprint density at radius 2 is 2.17 bits per heavy atom. The average molecular weight is 246 g/mol. The van der Waals surface area contributed by atoms with Crippen LogP contribution in [0.15, 0.2) is 24.4 Å². The molecule has 0 spiro atoms. The molecule has 0 aliphatic rings. The summed E-state index contributed by atoms with van der Waals surface area (Å²) in [5.41, 5.74) is 2.55. The van der Waals surface area contributed by atoms with Crippen molar-refractivity contribution >= 4 is 10.9 Å². The summed E-state index contributed by atoms with van der Waals surface area (Å²) in [6.07, 6.45) is 3.01. The van der Waals surface area contributed by atoms with Crippen LogP contribution in [0.25, 0.3) is 10.9 Å². The van der Waals surface area contributed by atoms with Gasteiger partial charge in [-0.3, -0.25) is 4.68 Å². The number of hydrogen-bond donors (Lipinski definition) is 0. The summed E-state index contributed by atoms with van der Waals surface area (Å²) in [6, 6.07) is 6.55. The lowest BCUT2D eigenvalue weighted by Crippen LogP contribution is -2.10. The van der Waals surface area contributed by atoms with Crippen LogP contribution in [0.5, 0.6) is 0 Å². The molecule has 18 heavy (non-hydrogen) atoms. The molecule has 0 aliphatic carbocycles. The summed E-state index contributed by atoms with van der Waals surface area (Å²) < 4.78 is 7.62. The molecule has 2 aromatic rings. The Kier molecular flexibility index (Phi) is 4.37. The summed E-state index contributed by atoms with van der Waals surface area (Å²) in [7, 11) is 0. The van der Waals surface area contributed by atoms with Crippen molar-refractivity contribution in [1.29, 1.82) is 0 Å². The maximum atomic E-state index is 5.60. The first-order chi connectivity index (χ1) is 8.70. The first-order valence-corrected chi connectivity index (χ1v) is 6.73. The molecule has 0 bridgehead atoms. The van der Waals surface area contributed by atoms with E-state index in [1.807, 2.05) is 10.9 Å². The number of hydrogen-bond acceptors (Lipinski definition) is 2. The molecule has 0 saturated heterocycles. The van der Waals surface area contributed by atoms with E-state index in [9.17, 15) is 0 Å². The highest BCUT2D eigenvalue weighted by Crippen LogP contribution is 2.16. The molecular weight excluding hydrogens is 224 g/mol. The van der Waals surface area contributed by atoms with E-state index in [1.165, 1.54) is 16.5 Å². The van der Waals surface area contributed by atoms with E-state index in [4.69, 9.17) is 4.74 Å². The Hall–Kier alpha value is -1.35. The number of benzene rings is 1. The number of ether oxygens (including phenoxy) is 1. The topological polar surface area (TPSA) is 27.1 Å². The largest absolute Gasteiger partial charge is 0.379 e. The van der Waals surface area contributed by atoms with Gasteiger partial charge in [-0.1, -0.05) is 26.8 Å². The summed E-state index contributed by atoms with van der Waals surface area (Å²) in [5.74, 6) is 0.589. The van der Waals surface area contributed by atoms with Gasteiger partial charge in [0.25, 0.3) is 0 Å². The summed E-state index contributed by atoms with van der Waals surface area (Å²) in [5, 5.41) is 5.64. The molecule has 3 nitrogen and oxygen atoms in total. The average Bonchev–Trinajstić information content (AvgIpc) is 2.76. The monoisotopic (exact) mass is 246 g/mol. The normalized spacial score (nSPS) is 11.6. The molecule has 3 heteroatoms. The molecule has 0 radical (unpaired) electrons. The van der Waals surface area contributed by atoms with Crippen LogP contribution in [-0.2, 0) is 17.7 Å². The third kappa shape index (κ3) is 3.10. The van der Waals surface area contributed by atoms with Gasteiger partial charge in [0.05, 0.1) is 24.9 Å². The van der Waals surface area contributed by atoms with Crippen molar-refractivity contribution in [3.63, 3.8) is 0 Å². The van der Waals surface area contributed by atoms with E-state index in [1.54, 1.807) is 0 Å². The van der Waals surface area contributed by atoms with E-state index in [2.05, 4.69) is 44.1 Å². The molecule has 0 fully saturated rings. The molecule has 0 N–H and O–H groups in total. The van der Waals surface area contributed by atoms with Crippen molar-refractivity contribution in [2.45, 2.75) is 33.7 Å². The Labute approximate surface area is 109 Å². The zero-order chi connectivity index (χ0) is 13.0. The van der Waals surface area contributed by atoms with E-state index in [-0.39, 0.29) is 0 Å². The van der Waals surface area contributed by atoms with Crippen molar-refractivity contribution < 1.29 is 4.74 Å². The van der Waals surface area contributed by atoms with Crippen LogP contribution in [0.4, 0.5) is 0 Å². The quantitative estimate of drug-likeness (QED) is 0.731. The second-order valence-electron chi connectivity index (χ2n) is 5.08. The van der Waals surface area contributed by atoms with Crippen LogP contribution in [0, 0.1) is 5.92 Å². The van der Waals surface area contributed by atoms with Crippen molar-refractivity contribution in [1.82, 2.24) is 9.78 Å². The molecule has 0 saturated carbocycles. The lowest BCUT2D eigenvalue weighted by Gasteiger charge is -2.07. The lowest BCUT2D eigenvalue weighted by molar-refractivity contribution is 0.102. The van der Waals surface area contributed by atoms with Crippen molar-refractivity contribution in [2.24, 2.45) is 5.92 Å². The minimum absolute atomic E-state index is 0.589. The Morgan fingerprint density at radius 3 is 2.89 bits per heavy atom. The zero-order valence-corrected chi connectivity index (χ0v) is 11.5. The van der Waals surface area contributed by atoms with Crippen molar-refractivity contribution in [2.75, 3.05) is 13.2 Å². The molecule has 0 aliphatic heterocycles. The van der Waals surface area contributed by atoms with E-state index in [0.29, 0.717) is 5.92 Å². The molecular formula is C15H22N2O. The maximum Gasteiger partial charge on any atom is 0.0683 e. The standard InChI is InChI=1S/C15H22N2O/c1-4-13-5-6-15-14(9-13)10-16-17(15)7-8-18-11-12(2)3/h5-6,9-10,12H,4,7-8,11H2,1-3H3. The van der Waals surface area contributed by atoms with Gasteiger partial charge in [-0.25, -0.2) is 0 Å².